The Labute approximate surface area is 208 Å². The lowest BCUT2D eigenvalue weighted by Crippen LogP contribution is -2.43. The lowest BCUT2D eigenvalue weighted by Gasteiger charge is -2.34. The van der Waals surface area contributed by atoms with Gasteiger partial charge in [0.2, 0.25) is 11.9 Å². The van der Waals surface area contributed by atoms with Crippen molar-refractivity contribution < 1.29 is 9.53 Å². The van der Waals surface area contributed by atoms with Crippen LogP contribution >= 0.6 is 11.3 Å². The first-order valence-electron chi connectivity index (χ1n) is 11.8. The summed E-state index contributed by atoms with van der Waals surface area (Å²) in [7, 11) is 1.62. The molecule has 0 saturated carbocycles. The molecule has 1 aliphatic rings. The van der Waals surface area contributed by atoms with Crippen LogP contribution in [0.1, 0.15) is 24.0 Å². The van der Waals surface area contributed by atoms with E-state index in [2.05, 4.69) is 22.3 Å². The summed E-state index contributed by atoms with van der Waals surface area (Å²) in [6.07, 6.45) is 1.64. The fourth-order valence-electron chi connectivity index (χ4n) is 4.48. The number of benzene rings is 2. The lowest BCUT2D eigenvalue weighted by atomic mass is 9.97. The fraction of sp³-hybridized carbons (Fsp3) is 0.296. The van der Waals surface area contributed by atoms with E-state index in [1.165, 1.54) is 16.9 Å². The zero-order chi connectivity index (χ0) is 24.4. The van der Waals surface area contributed by atoms with E-state index < -0.39 is 0 Å². The number of carbonyl (C=O) groups excluding carboxylic acids is 1. The Morgan fingerprint density at radius 2 is 1.91 bits per heavy atom. The summed E-state index contributed by atoms with van der Waals surface area (Å²) in [5.41, 5.74) is 3.63. The van der Waals surface area contributed by atoms with Crippen LogP contribution in [0.5, 0.6) is 5.75 Å². The van der Waals surface area contributed by atoms with Gasteiger partial charge in [0.05, 0.1) is 25.1 Å². The predicted molar refractivity (Wildman–Crippen MR) is 141 cm³/mol. The van der Waals surface area contributed by atoms with Gasteiger partial charge in [-0.05, 0) is 61.0 Å². The first-order chi connectivity index (χ1) is 17.0. The number of rotatable bonds is 6. The Morgan fingerprint density at radius 1 is 1.14 bits per heavy atom. The second-order valence-corrected chi connectivity index (χ2v) is 9.84. The van der Waals surface area contributed by atoms with Gasteiger partial charge in [-0.25, -0.2) is 4.98 Å². The number of amides is 1. The molecule has 1 atom stereocenters. The largest absolute Gasteiger partial charge is 0.497 e. The zero-order valence-corrected chi connectivity index (χ0v) is 20.7. The quantitative estimate of drug-likeness (QED) is 0.427. The molecule has 4 aromatic rings. The molecule has 1 unspecified atom stereocenters. The number of hydrogen-bond acceptors (Lipinski definition) is 6. The van der Waals surface area contributed by atoms with Gasteiger partial charge in [0.1, 0.15) is 10.4 Å². The number of fused-ring (bicyclic) bond motifs is 1. The standard InChI is InChI=1S/C27H28N4O3S/c1-18-5-7-19(8-6-18)16-31-26(33)24-23(13-15-35-24)29-27(31)30-14-3-4-20(17-30)25(32)28-21-9-11-22(34-2)12-10-21/h5-13,15,20H,3-4,14,16-17H2,1-2H3,(H,28,32). The van der Waals surface area contributed by atoms with Crippen LogP contribution in [0.25, 0.3) is 10.2 Å². The van der Waals surface area contributed by atoms with Crippen molar-refractivity contribution in [3.05, 3.63) is 81.5 Å². The molecule has 8 heteroatoms. The molecule has 0 bridgehead atoms. The van der Waals surface area contributed by atoms with Crippen LogP contribution in [-0.2, 0) is 11.3 Å². The third kappa shape index (κ3) is 4.93. The van der Waals surface area contributed by atoms with Crippen molar-refractivity contribution in [1.29, 1.82) is 0 Å². The van der Waals surface area contributed by atoms with Gasteiger partial charge < -0.3 is 15.0 Å². The summed E-state index contributed by atoms with van der Waals surface area (Å²) in [5, 5.41) is 4.93. The van der Waals surface area contributed by atoms with Gasteiger partial charge in [-0.15, -0.1) is 11.3 Å². The number of hydrogen-bond donors (Lipinski definition) is 1. The third-order valence-corrected chi connectivity index (χ3v) is 7.33. The van der Waals surface area contributed by atoms with Gasteiger partial charge in [0, 0.05) is 18.8 Å². The monoisotopic (exact) mass is 488 g/mol. The molecule has 180 valence electrons. The maximum Gasteiger partial charge on any atom is 0.273 e. The molecule has 0 aliphatic carbocycles. The van der Waals surface area contributed by atoms with Crippen molar-refractivity contribution in [3.8, 4) is 5.75 Å². The zero-order valence-electron chi connectivity index (χ0n) is 19.9. The number of nitrogens with zero attached hydrogens (tertiary/aromatic N) is 3. The van der Waals surface area contributed by atoms with Crippen LogP contribution in [-0.4, -0.2) is 35.7 Å². The number of thiophene rings is 1. The van der Waals surface area contributed by atoms with Crippen molar-refractivity contribution in [2.75, 3.05) is 30.4 Å². The summed E-state index contributed by atoms with van der Waals surface area (Å²) in [4.78, 5) is 33.5. The van der Waals surface area contributed by atoms with Gasteiger partial charge >= 0.3 is 0 Å². The molecule has 2 aromatic carbocycles. The molecule has 5 rings (SSSR count). The molecule has 1 N–H and O–H groups in total. The van der Waals surface area contributed by atoms with Crippen LogP contribution in [0.3, 0.4) is 0 Å². The second kappa shape index (κ2) is 9.92. The minimum atomic E-state index is -0.200. The number of nitrogens with one attached hydrogen (secondary N) is 1. The van der Waals surface area contributed by atoms with Crippen molar-refractivity contribution in [2.45, 2.75) is 26.3 Å². The maximum absolute atomic E-state index is 13.5. The highest BCUT2D eigenvalue weighted by atomic mass is 32.1. The summed E-state index contributed by atoms with van der Waals surface area (Å²) in [5.74, 6) is 1.15. The highest BCUT2D eigenvalue weighted by Crippen LogP contribution is 2.26. The normalized spacial score (nSPS) is 15.8. The molecule has 7 nitrogen and oxygen atoms in total. The topological polar surface area (TPSA) is 76.5 Å². The average molecular weight is 489 g/mol. The average Bonchev–Trinajstić information content (AvgIpc) is 3.36. The van der Waals surface area contributed by atoms with Crippen molar-refractivity contribution in [3.63, 3.8) is 0 Å². The van der Waals surface area contributed by atoms with Crippen LogP contribution < -0.4 is 20.5 Å². The Kier molecular flexibility index (Phi) is 6.55. The molecular formula is C27H28N4O3S. The molecule has 35 heavy (non-hydrogen) atoms. The number of ether oxygens (including phenoxy) is 1. The molecule has 0 radical (unpaired) electrons. The van der Waals surface area contributed by atoms with E-state index in [1.54, 1.807) is 11.7 Å². The van der Waals surface area contributed by atoms with Crippen LogP contribution in [0.4, 0.5) is 11.6 Å². The molecule has 1 fully saturated rings. The highest BCUT2D eigenvalue weighted by molar-refractivity contribution is 7.17. The van der Waals surface area contributed by atoms with Crippen LogP contribution in [0.2, 0.25) is 0 Å². The van der Waals surface area contributed by atoms with E-state index in [0.717, 1.165) is 36.4 Å². The van der Waals surface area contributed by atoms with E-state index in [-0.39, 0.29) is 17.4 Å². The van der Waals surface area contributed by atoms with E-state index in [0.29, 0.717) is 29.3 Å². The summed E-state index contributed by atoms with van der Waals surface area (Å²) >= 11 is 1.42. The SMILES string of the molecule is COc1ccc(NC(=O)C2CCCN(c3nc4ccsc4c(=O)n3Cc3ccc(C)cc3)C2)cc1. The number of methoxy groups -OCH3 is 1. The van der Waals surface area contributed by atoms with Crippen LogP contribution in [0.15, 0.2) is 64.8 Å². The smallest absolute Gasteiger partial charge is 0.273 e. The van der Waals surface area contributed by atoms with Crippen molar-refractivity contribution in [1.82, 2.24) is 9.55 Å². The third-order valence-electron chi connectivity index (χ3n) is 6.44. The minimum Gasteiger partial charge on any atom is -0.497 e. The Morgan fingerprint density at radius 3 is 2.66 bits per heavy atom. The van der Waals surface area contributed by atoms with Gasteiger partial charge in [0.25, 0.3) is 5.56 Å². The first-order valence-corrected chi connectivity index (χ1v) is 12.6. The Hall–Kier alpha value is -3.65. The van der Waals surface area contributed by atoms with Gasteiger partial charge in [-0.3, -0.25) is 14.2 Å². The van der Waals surface area contributed by atoms with Crippen LogP contribution in [0, 0.1) is 12.8 Å². The number of aryl methyl sites for hydroxylation is 1. The van der Waals surface area contributed by atoms with Gasteiger partial charge in [0.15, 0.2) is 0 Å². The summed E-state index contributed by atoms with van der Waals surface area (Å²) in [6, 6.07) is 17.4. The predicted octanol–water partition coefficient (Wildman–Crippen LogP) is 4.68. The molecular weight excluding hydrogens is 460 g/mol. The Bertz CT molecular complexity index is 1390. The van der Waals surface area contributed by atoms with E-state index >= 15 is 0 Å². The maximum atomic E-state index is 13.5. The molecule has 1 amide bonds. The molecule has 3 heterocycles. The number of carbonyl (C=O) groups is 1. The minimum absolute atomic E-state index is 0.0242. The fourth-order valence-corrected chi connectivity index (χ4v) is 5.26. The highest BCUT2D eigenvalue weighted by Gasteiger charge is 2.29. The van der Waals surface area contributed by atoms with E-state index in [4.69, 9.17) is 9.72 Å². The first kappa shape index (κ1) is 23.1. The lowest BCUT2D eigenvalue weighted by molar-refractivity contribution is -0.120. The molecule has 1 saturated heterocycles. The number of aromatic nitrogens is 2. The van der Waals surface area contributed by atoms with E-state index in [1.807, 2.05) is 54.8 Å². The Balaban J connectivity index is 1.41. The van der Waals surface area contributed by atoms with Crippen molar-refractivity contribution in [2.24, 2.45) is 5.92 Å². The van der Waals surface area contributed by atoms with E-state index in [9.17, 15) is 9.59 Å². The summed E-state index contributed by atoms with van der Waals surface area (Å²) < 4.78 is 7.61. The van der Waals surface area contributed by atoms with Gasteiger partial charge in [-0.1, -0.05) is 29.8 Å². The molecule has 1 aliphatic heterocycles. The number of anilines is 2. The molecule has 0 spiro atoms. The molecule has 2 aromatic heterocycles. The summed E-state index contributed by atoms with van der Waals surface area (Å²) in [6.45, 7) is 3.75. The number of piperidine rings is 1. The second-order valence-electron chi connectivity index (χ2n) is 8.93. The van der Waals surface area contributed by atoms with Crippen molar-refractivity contribution >= 4 is 39.1 Å². The van der Waals surface area contributed by atoms with Gasteiger partial charge in [-0.2, -0.15) is 0 Å².